The smallest absolute Gasteiger partial charge is 0.254 e. The number of nitrogens with zero attached hydrogens (tertiary/aromatic N) is 2. The van der Waals surface area contributed by atoms with Gasteiger partial charge < -0.3 is 19.9 Å². The van der Waals surface area contributed by atoms with Crippen molar-refractivity contribution in [1.29, 1.82) is 0 Å². The molecule has 2 atom stereocenters. The number of likely N-dealkylation sites (tertiary alicyclic amines) is 1. The van der Waals surface area contributed by atoms with E-state index >= 15 is 0 Å². The van der Waals surface area contributed by atoms with Crippen molar-refractivity contribution in [3.63, 3.8) is 0 Å². The van der Waals surface area contributed by atoms with Crippen LogP contribution < -0.4 is 5.56 Å². The summed E-state index contributed by atoms with van der Waals surface area (Å²) in [6.45, 7) is 1.87. The lowest BCUT2D eigenvalue weighted by molar-refractivity contribution is 0.0479. The molecule has 2 N–H and O–H groups in total. The highest BCUT2D eigenvalue weighted by atomic mass is 19.1. The van der Waals surface area contributed by atoms with Crippen LogP contribution in [0.15, 0.2) is 29.1 Å². The van der Waals surface area contributed by atoms with E-state index in [1.165, 1.54) is 24.3 Å². The highest BCUT2D eigenvalue weighted by molar-refractivity contribution is 6.06. The number of hydrogen-bond acceptors (Lipinski definition) is 4. The Labute approximate surface area is 151 Å². The molecule has 140 valence electrons. The lowest BCUT2D eigenvalue weighted by atomic mass is 9.88. The number of benzene rings is 1. The Morgan fingerprint density at radius 3 is 2.73 bits per heavy atom. The molecule has 0 saturated carbocycles. The predicted molar refractivity (Wildman–Crippen MR) is 97.7 cm³/mol. The van der Waals surface area contributed by atoms with Gasteiger partial charge in [-0.3, -0.25) is 9.59 Å². The number of amides is 1. The van der Waals surface area contributed by atoms with E-state index in [0.29, 0.717) is 24.0 Å². The Bertz CT molecular complexity index is 865. The average Bonchev–Trinajstić information content (AvgIpc) is 2.59. The molecule has 0 unspecified atom stereocenters. The van der Waals surface area contributed by atoms with Gasteiger partial charge in [0.1, 0.15) is 5.82 Å². The van der Waals surface area contributed by atoms with E-state index < -0.39 is 11.4 Å². The Morgan fingerprint density at radius 2 is 2.04 bits per heavy atom. The fraction of sp³-hybridized carbons (Fsp3) is 0.474. The molecule has 1 amide bonds. The molecular weight excluding hydrogens is 337 g/mol. The number of carbonyl (C=O) groups is 1. The van der Waals surface area contributed by atoms with Crippen LogP contribution in [-0.4, -0.2) is 66.1 Å². The highest BCUT2D eigenvalue weighted by Crippen LogP contribution is 2.25. The van der Waals surface area contributed by atoms with Gasteiger partial charge in [-0.15, -0.1) is 0 Å². The summed E-state index contributed by atoms with van der Waals surface area (Å²) in [5.74, 6) is -0.453. The zero-order valence-corrected chi connectivity index (χ0v) is 15.0. The quantitative estimate of drug-likeness (QED) is 0.861. The van der Waals surface area contributed by atoms with Crippen molar-refractivity contribution in [2.75, 3.05) is 40.3 Å². The molecule has 26 heavy (non-hydrogen) atoms. The highest BCUT2D eigenvalue weighted by Gasteiger charge is 2.31. The van der Waals surface area contributed by atoms with Crippen LogP contribution in [0.3, 0.4) is 0 Å². The molecule has 1 saturated heterocycles. The largest absolute Gasteiger partial charge is 0.396 e. The Kier molecular flexibility index (Phi) is 5.38. The number of aliphatic hydroxyl groups excluding tert-OH is 1. The van der Waals surface area contributed by atoms with Gasteiger partial charge >= 0.3 is 0 Å². The minimum Gasteiger partial charge on any atom is -0.396 e. The van der Waals surface area contributed by atoms with Gasteiger partial charge in [0.2, 0.25) is 5.56 Å². The first-order chi connectivity index (χ1) is 12.4. The van der Waals surface area contributed by atoms with E-state index in [-0.39, 0.29) is 29.9 Å². The molecule has 7 heteroatoms. The second-order valence-electron chi connectivity index (χ2n) is 7.36. The maximum atomic E-state index is 13.5. The minimum atomic E-state index is -0.470. The summed E-state index contributed by atoms with van der Waals surface area (Å²) < 4.78 is 13.5. The number of piperidine rings is 1. The van der Waals surface area contributed by atoms with Gasteiger partial charge in [0.05, 0.1) is 11.1 Å². The summed E-state index contributed by atoms with van der Waals surface area (Å²) in [6.07, 6.45) is 0.861. The molecule has 3 rings (SSSR count). The molecule has 1 aliphatic rings. The third kappa shape index (κ3) is 3.94. The van der Waals surface area contributed by atoms with E-state index in [1.54, 1.807) is 4.90 Å². The van der Waals surface area contributed by atoms with Gasteiger partial charge in [-0.25, -0.2) is 4.39 Å². The summed E-state index contributed by atoms with van der Waals surface area (Å²) in [7, 11) is 3.96. The van der Waals surface area contributed by atoms with E-state index in [2.05, 4.69) is 9.88 Å². The zero-order valence-electron chi connectivity index (χ0n) is 15.0. The number of nitrogens with one attached hydrogen (secondary N) is 1. The van der Waals surface area contributed by atoms with Crippen LogP contribution in [0.4, 0.5) is 4.39 Å². The molecule has 0 radical (unpaired) electrons. The van der Waals surface area contributed by atoms with Gasteiger partial charge in [-0.05, 0) is 50.6 Å². The van der Waals surface area contributed by atoms with Crippen molar-refractivity contribution >= 4 is 16.8 Å². The third-order valence-electron chi connectivity index (χ3n) is 4.83. The lowest BCUT2D eigenvalue weighted by Gasteiger charge is -2.38. The molecule has 0 spiro atoms. The Balaban J connectivity index is 1.95. The number of pyridine rings is 1. The van der Waals surface area contributed by atoms with Crippen LogP contribution >= 0.6 is 0 Å². The van der Waals surface area contributed by atoms with Crippen molar-refractivity contribution < 1.29 is 14.3 Å². The maximum Gasteiger partial charge on any atom is 0.254 e. The standard InChI is InChI=1S/C19H24FN3O3/c1-22(2)8-12-5-13(11-24)10-23(9-12)19(26)16-7-18(25)21-17-6-14(20)3-4-15(16)17/h3-4,6-7,12-13,24H,5,8-11H2,1-2H3,(H,21,25)/t12-,13-/m0/s1. The first-order valence-electron chi connectivity index (χ1n) is 8.75. The number of aromatic amines is 1. The molecule has 1 fully saturated rings. The van der Waals surface area contributed by atoms with Crippen LogP contribution in [0, 0.1) is 17.7 Å². The van der Waals surface area contributed by atoms with Crippen molar-refractivity contribution in [3.8, 4) is 0 Å². The number of aliphatic hydroxyl groups is 1. The normalized spacial score (nSPS) is 20.7. The third-order valence-corrected chi connectivity index (χ3v) is 4.83. The molecule has 2 aromatic rings. The van der Waals surface area contributed by atoms with Crippen molar-refractivity contribution in [1.82, 2.24) is 14.8 Å². The monoisotopic (exact) mass is 361 g/mol. The van der Waals surface area contributed by atoms with Crippen molar-refractivity contribution in [2.45, 2.75) is 6.42 Å². The number of fused-ring (bicyclic) bond motifs is 1. The van der Waals surface area contributed by atoms with Gasteiger partial charge in [0, 0.05) is 37.7 Å². The van der Waals surface area contributed by atoms with Crippen LogP contribution in [0.2, 0.25) is 0 Å². The van der Waals surface area contributed by atoms with Crippen LogP contribution in [-0.2, 0) is 0 Å². The topological polar surface area (TPSA) is 76.6 Å². The molecule has 1 aromatic heterocycles. The number of carbonyl (C=O) groups excluding carboxylic acids is 1. The summed E-state index contributed by atoms with van der Waals surface area (Å²) in [5, 5.41) is 10.1. The number of hydrogen-bond donors (Lipinski definition) is 2. The van der Waals surface area contributed by atoms with Gasteiger partial charge in [-0.1, -0.05) is 0 Å². The minimum absolute atomic E-state index is 0.0170. The molecule has 0 bridgehead atoms. The fourth-order valence-electron chi connectivity index (χ4n) is 3.84. The number of halogens is 1. The summed E-state index contributed by atoms with van der Waals surface area (Å²) in [6, 6.07) is 5.28. The van der Waals surface area contributed by atoms with E-state index in [9.17, 15) is 19.1 Å². The molecule has 6 nitrogen and oxygen atoms in total. The van der Waals surface area contributed by atoms with Crippen molar-refractivity contribution in [2.24, 2.45) is 11.8 Å². The van der Waals surface area contributed by atoms with Crippen molar-refractivity contribution in [3.05, 3.63) is 46.0 Å². The SMILES string of the molecule is CN(C)C[C@@H]1C[C@H](CO)CN(C(=O)c2cc(=O)[nH]c3cc(F)ccc23)C1. The maximum absolute atomic E-state index is 13.5. The summed E-state index contributed by atoms with van der Waals surface area (Å²) in [4.78, 5) is 31.4. The van der Waals surface area contributed by atoms with E-state index in [0.717, 1.165) is 13.0 Å². The second-order valence-corrected chi connectivity index (χ2v) is 7.36. The van der Waals surface area contributed by atoms with Gasteiger partial charge in [-0.2, -0.15) is 0 Å². The van der Waals surface area contributed by atoms with Crippen LogP contribution in [0.5, 0.6) is 0 Å². The first kappa shape index (κ1) is 18.5. The molecular formula is C19H24FN3O3. The lowest BCUT2D eigenvalue weighted by Crippen LogP contribution is -2.47. The molecule has 2 heterocycles. The molecule has 1 aliphatic heterocycles. The summed E-state index contributed by atoms with van der Waals surface area (Å²) >= 11 is 0. The molecule has 1 aromatic carbocycles. The van der Waals surface area contributed by atoms with Gasteiger partial charge in [0.15, 0.2) is 0 Å². The first-order valence-corrected chi connectivity index (χ1v) is 8.75. The zero-order chi connectivity index (χ0) is 18.8. The number of aromatic nitrogens is 1. The number of rotatable bonds is 4. The Hall–Kier alpha value is -2.25. The van der Waals surface area contributed by atoms with E-state index in [4.69, 9.17) is 0 Å². The van der Waals surface area contributed by atoms with Gasteiger partial charge in [0.25, 0.3) is 5.91 Å². The number of H-pyrrole nitrogens is 1. The average molecular weight is 361 g/mol. The predicted octanol–water partition coefficient (Wildman–Crippen LogP) is 1.30. The summed E-state index contributed by atoms with van der Waals surface area (Å²) in [5.41, 5.74) is 0.138. The Morgan fingerprint density at radius 1 is 1.31 bits per heavy atom. The van der Waals surface area contributed by atoms with Crippen LogP contribution in [0.25, 0.3) is 10.9 Å². The molecule has 0 aliphatic carbocycles. The second kappa shape index (κ2) is 7.55. The van der Waals surface area contributed by atoms with E-state index in [1.807, 2.05) is 14.1 Å². The van der Waals surface area contributed by atoms with Crippen LogP contribution in [0.1, 0.15) is 16.8 Å². The fourth-order valence-corrected chi connectivity index (χ4v) is 3.84.